The summed E-state index contributed by atoms with van der Waals surface area (Å²) >= 11 is 4.95. The van der Waals surface area contributed by atoms with Crippen molar-refractivity contribution in [1.29, 1.82) is 0 Å². The number of nitrogens with two attached hydrogens (primary N) is 1. The van der Waals surface area contributed by atoms with Crippen LogP contribution in [0.15, 0.2) is 0 Å². The molecule has 0 saturated carbocycles. The minimum atomic E-state index is 0.00271. The van der Waals surface area contributed by atoms with Crippen LogP contribution in [0.2, 0.25) is 0 Å². The van der Waals surface area contributed by atoms with E-state index in [0.29, 0.717) is 11.0 Å². The minimum Gasteiger partial charge on any atom is -0.393 e. The molecule has 1 heterocycles. The summed E-state index contributed by atoms with van der Waals surface area (Å²) in [6, 6.07) is 0.428. The lowest BCUT2D eigenvalue weighted by Gasteiger charge is -2.42. The molecule has 15 heavy (non-hydrogen) atoms. The highest BCUT2D eigenvalue weighted by atomic mass is 32.1. The summed E-state index contributed by atoms with van der Waals surface area (Å²) in [6.45, 7) is 6.46. The average molecular weight is 230 g/mol. The third-order valence-electron chi connectivity index (χ3n) is 3.30. The highest BCUT2D eigenvalue weighted by molar-refractivity contribution is 7.80. The third-order valence-corrected chi connectivity index (χ3v) is 3.47. The maximum atomic E-state index is 5.57. The highest BCUT2D eigenvalue weighted by Crippen LogP contribution is 2.25. The standard InChI is InChI=1S/C11H22N2OS/c1-9(7-10(12)15)13-6-4-5-11(2,8-13)14-3/h9H,4-8H2,1-3H3,(H2,12,15). The van der Waals surface area contributed by atoms with E-state index in [1.54, 1.807) is 7.11 Å². The van der Waals surface area contributed by atoms with Gasteiger partial charge in [-0.3, -0.25) is 4.90 Å². The van der Waals surface area contributed by atoms with Crippen LogP contribution in [0.4, 0.5) is 0 Å². The van der Waals surface area contributed by atoms with Gasteiger partial charge in [0.15, 0.2) is 0 Å². The molecule has 0 amide bonds. The largest absolute Gasteiger partial charge is 0.393 e. The lowest BCUT2D eigenvalue weighted by atomic mass is 9.93. The van der Waals surface area contributed by atoms with E-state index in [9.17, 15) is 0 Å². The number of rotatable bonds is 4. The van der Waals surface area contributed by atoms with Crippen LogP contribution in [0.3, 0.4) is 0 Å². The van der Waals surface area contributed by atoms with E-state index < -0.39 is 0 Å². The molecule has 0 aromatic heterocycles. The number of nitrogens with zero attached hydrogens (tertiary/aromatic N) is 1. The first-order valence-electron chi connectivity index (χ1n) is 5.54. The fourth-order valence-electron chi connectivity index (χ4n) is 2.21. The van der Waals surface area contributed by atoms with Crippen molar-refractivity contribution in [3.63, 3.8) is 0 Å². The second-order valence-electron chi connectivity index (χ2n) is 4.75. The molecule has 88 valence electrons. The van der Waals surface area contributed by atoms with E-state index in [1.807, 2.05) is 0 Å². The molecule has 1 aliphatic heterocycles. The van der Waals surface area contributed by atoms with Crippen LogP contribution < -0.4 is 5.73 Å². The van der Waals surface area contributed by atoms with Gasteiger partial charge in [-0.1, -0.05) is 12.2 Å². The van der Waals surface area contributed by atoms with Crippen molar-refractivity contribution in [3.05, 3.63) is 0 Å². The van der Waals surface area contributed by atoms with Gasteiger partial charge >= 0.3 is 0 Å². The fourth-order valence-corrected chi connectivity index (χ4v) is 2.45. The van der Waals surface area contributed by atoms with Crippen molar-refractivity contribution in [1.82, 2.24) is 4.90 Å². The molecule has 0 aromatic carbocycles. The van der Waals surface area contributed by atoms with Gasteiger partial charge in [-0.2, -0.15) is 0 Å². The van der Waals surface area contributed by atoms with E-state index in [4.69, 9.17) is 22.7 Å². The number of thiocarbonyl (C=S) groups is 1. The van der Waals surface area contributed by atoms with Gasteiger partial charge < -0.3 is 10.5 Å². The van der Waals surface area contributed by atoms with Gasteiger partial charge in [0.05, 0.1) is 10.6 Å². The molecule has 2 atom stereocenters. The van der Waals surface area contributed by atoms with Crippen LogP contribution in [-0.4, -0.2) is 41.7 Å². The Morgan fingerprint density at radius 1 is 1.67 bits per heavy atom. The van der Waals surface area contributed by atoms with Gasteiger partial charge in [-0.05, 0) is 33.2 Å². The van der Waals surface area contributed by atoms with Crippen LogP contribution in [0.1, 0.15) is 33.1 Å². The van der Waals surface area contributed by atoms with Gasteiger partial charge in [0.1, 0.15) is 0 Å². The second kappa shape index (κ2) is 5.23. The van der Waals surface area contributed by atoms with Crippen molar-refractivity contribution < 1.29 is 4.74 Å². The lowest BCUT2D eigenvalue weighted by Crippen LogP contribution is -2.51. The molecular weight excluding hydrogens is 208 g/mol. The number of likely N-dealkylation sites (tertiary alicyclic amines) is 1. The van der Waals surface area contributed by atoms with Crippen LogP contribution in [0, 0.1) is 0 Å². The van der Waals surface area contributed by atoms with E-state index in [-0.39, 0.29) is 5.60 Å². The number of piperidine rings is 1. The van der Waals surface area contributed by atoms with Crippen LogP contribution in [-0.2, 0) is 4.74 Å². The van der Waals surface area contributed by atoms with Gasteiger partial charge in [0.2, 0.25) is 0 Å². The zero-order valence-electron chi connectivity index (χ0n) is 9.95. The zero-order chi connectivity index (χ0) is 11.5. The molecule has 0 aromatic rings. The summed E-state index contributed by atoms with van der Waals surface area (Å²) in [5.74, 6) is 0. The topological polar surface area (TPSA) is 38.5 Å². The Balaban J connectivity index is 2.52. The Kier molecular flexibility index (Phi) is 4.49. The molecule has 0 radical (unpaired) electrons. The molecule has 0 bridgehead atoms. The number of hydrogen-bond acceptors (Lipinski definition) is 3. The summed E-state index contributed by atoms with van der Waals surface area (Å²) in [5, 5.41) is 0. The first-order chi connectivity index (χ1) is 6.97. The van der Waals surface area contributed by atoms with Crippen LogP contribution >= 0.6 is 12.2 Å². The molecule has 1 saturated heterocycles. The van der Waals surface area contributed by atoms with Gasteiger partial charge in [-0.15, -0.1) is 0 Å². The summed E-state index contributed by atoms with van der Waals surface area (Å²) in [5.41, 5.74) is 5.58. The molecule has 1 aliphatic rings. The molecule has 1 fully saturated rings. The van der Waals surface area contributed by atoms with E-state index >= 15 is 0 Å². The average Bonchev–Trinajstić information content (AvgIpc) is 2.17. The van der Waals surface area contributed by atoms with Crippen molar-refractivity contribution >= 4 is 17.2 Å². The van der Waals surface area contributed by atoms with Crippen molar-refractivity contribution in [3.8, 4) is 0 Å². The maximum Gasteiger partial charge on any atom is 0.0777 e. The van der Waals surface area contributed by atoms with Crippen LogP contribution in [0.25, 0.3) is 0 Å². The fraction of sp³-hybridized carbons (Fsp3) is 0.909. The summed E-state index contributed by atoms with van der Waals surface area (Å²) in [4.78, 5) is 3.03. The third kappa shape index (κ3) is 3.70. The highest BCUT2D eigenvalue weighted by Gasteiger charge is 2.32. The Hall–Kier alpha value is -0.190. The first-order valence-corrected chi connectivity index (χ1v) is 5.95. The summed E-state index contributed by atoms with van der Waals surface area (Å²) < 4.78 is 5.56. The number of methoxy groups -OCH3 is 1. The Bertz CT molecular complexity index is 235. The van der Waals surface area contributed by atoms with Crippen molar-refractivity contribution in [2.24, 2.45) is 5.73 Å². The molecular formula is C11H22N2OS. The first kappa shape index (κ1) is 12.9. The second-order valence-corrected chi connectivity index (χ2v) is 5.27. The molecule has 2 N–H and O–H groups in total. The Morgan fingerprint density at radius 3 is 2.87 bits per heavy atom. The maximum absolute atomic E-state index is 5.57. The van der Waals surface area contributed by atoms with Crippen molar-refractivity contribution in [2.45, 2.75) is 44.8 Å². The SMILES string of the molecule is COC1(C)CCCN(C(C)CC(N)=S)C1. The predicted octanol–water partition coefficient (Wildman–Crippen LogP) is 1.55. The normalized spacial score (nSPS) is 30.1. The number of hydrogen-bond donors (Lipinski definition) is 1. The summed E-state index contributed by atoms with van der Waals surface area (Å²) in [7, 11) is 1.79. The zero-order valence-corrected chi connectivity index (χ0v) is 10.8. The quantitative estimate of drug-likeness (QED) is 0.744. The minimum absolute atomic E-state index is 0.00271. The monoisotopic (exact) mass is 230 g/mol. The molecule has 3 nitrogen and oxygen atoms in total. The molecule has 2 unspecified atom stereocenters. The smallest absolute Gasteiger partial charge is 0.0777 e. The van der Waals surface area contributed by atoms with Gasteiger partial charge in [0, 0.05) is 26.1 Å². The Labute approximate surface area is 98.0 Å². The van der Waals surface area contributed by atoms with E-state index in [2.05, 4.69) is 18.7 Å². The molecule has 0 aliphatic carbocycles. The molecule has 1 rings (SSSR count). The molecule has 0 spiro atoms. The summed E-state index contributed by atoms with van der Waals surface area (Å²) in [6.07, 6.45) is 3.13. The van der Waals surface area contributed by atoms with Gasteiger partial charge in [-0.25, -0.2) is 0 Å². The lowest BCUT2D eigenvalue weighted by molar-refractivity contribution is -0.0588. The van der Waals surface area contributed by atoms with E-state index in [1.165, 1.54) is 6.42 Å². The predicted molar refractivity (Wildman–Crippen MR) is 67.1 cm³/mol. The van der Waals surface area contributed by atoms with Crippen LogP contribution in [0.5, 0.6) is 0 Å². The van der Waals surface area contributed by atoms with Gasteiger partial charge in [0.25, 0.3) is 0 Å². The molecule has 4 heteroatoms. The van der Waals surface area contributed by atoms with Crippen molar-refractivity contribution in [2.75, 3.05) is 20.2 Å². The van der Waals surface area contributed by atoms with E-state index in [0.717, 1.165) is 25.9 Å². The number of ether oxygens (including phenoxy) is 1. The Morgan fingerprint density at radius 2 is 2.33 bits per heavy atom.